The van der Waals surface area contributed by atoms with Crippen molar-refractivity contribution < 1.29 is 22.8 Å². The molecule has 2 atom stereocenters. The van der Waals surface area contributed by atoms with Gasteiger partial charge >= 0.3 is 6.18 Å². The number of benzodiazepines with no additional fused rings is 1. The van der Waals surface area contributed by atoms with Gasteiger partial charge < -0.3 is 16.0 Å². The first-order chi connectivity index (χ1) is 19.7. The van der Waals surface area contributed by atoms with E-state index < -0.39 is 36.7 Å². The zero-order valence-corrected chi connectivity index (χ0v) is 22.7. The van der Waals surface area contributed by atoms with Crippen molar-refractivity contribution in [2.75, 3.05) is 16.8 Å². The van der Waals surface area contributed by atoms with Crippen molar-refractivity contribution in [3.63, 3.8) is 0 Å². The Labute approximate surface area is 240 Å². The fourth-order valence-corrected chi connectivity index (χ4v) is 4.98. The summed E-state index contributed by atoms with van der Waals surface area (Å²) in [6.45, 7) is -1.50. The van der Waals surface area contributed by atoms with Crippen molar-refractivity contribution in [1.82, 2.24) is 10.6 Å². The molecule has 0 saturated heterocycles. The fourth-order valence-electron chi connectivity index (χ4n) is 4.72. The number of benzene rings is 3. The highest BCUT2D eigenvalue weighted by atomic mass is 32.1. The summed E-state index contributed by atoms with van der Waals surface area (Å²) in [4.78, 5) is 32.5. The topological polar surface area (TPSA) is 85.8 Å². The minimum absolute atomic E-state index is 0.00933. The van der Waals surface area contributed by atoms with Crippen LogP contribution in [0.25, 0.3) is 0 Å². The molecule has 11 heteroatoms. The number of nitrogens with zero attached hydrogens (tertiary/aromatic N) is 2. The smallest absolute Gasteiger partial charge is 0.350 e. The highest BCUT2D eigenvalue weighted by Gasteiger charge is 2.42. The number of rotatable bonds is 8. The van der Waals surface area contributed by atoms with E-state index in [0.717, 1.165) is 18.4 Å². The predicted molar refractivity (Wildman–Crippen MR) is 156 cm³/mol. The maximum Gasteiger partial charge on any atom is 0.406 e. The molecule has 1 aliphatic heterocycles. The molecule has 1 fully saturated rings. The number of thiocarbonyl (C=S) groups is 1. The van der Waals surface area contributed by atoms with E-state index in [1.807, 2.05) is 60.7 Å². The lowest BCUT2D eigenvalue weighted by molar-refractivity contribution is -0.135. The number of fused-ring (bicyclic) bond motifs is 1. The number of alkyl halides is 3. The van der Waals surface area contributed by atoms with Crippen LogP contribution in [-0.2, 0) is 16.0 Å². The normalized spacial score (nSPS) is 17.5. The van der Waals surface area contributed by atoms with Gasteiger partial charge in [0.2, 0.25) is 12.1 Å². The lowest BCUT2D eigenvalue weighted by Crippen LogP contribution is -2.55. The summed E-state index contributed by atoms with van der Waals surface area (Å²) in [7, 11) is 0. The van der Waals surface area contributed by atoms with Crippen LogP contribution >= 0.6 is 12.2 Å². The van der Waals surface area contributed by atoms with E-state index in [-0.39, 0.29) is 23.1 Å². The monoisotopic (exact) mass is 579 g/mol. The lowest BCUT2D eigenvalue weighted by Gasteiger charge is -2.27. The molecule has 41 heavy (non-hydrogen) atoms. The van der Waals surface area contributed by atoms with Crippen molar-refractivity contribution in [2.45, 2.75) is 37.6 Å². The Kier molecular flexibility index (Phi) is 8.34. The molecule has 1 saturated carbocycles. The maximum atomic E-state index is 13.7. The molecular weight excluding hydrogens is 551 g/mol. The molecule has 0 aromatic heterocycles. The highest BCUT2D eigenvalue weighted by Crippen LogP contribution is 2.38. The molecule has 1 unspecified atom stereocenters. The van der Waals surface area contributed by atoms with Crippen molar-refractivity contribution in [3.05, 3.63) is 96.1 Å². The Balaban J connectivity index is 1.43. The molecular formula is C30H28F3N5O2S. The van der Waals surface area contributed by atoms with Crippen molar-refractivity contribution in [2.24, 2.45) is 10.9 Å². The zero-order chi connectivity index (χ0) is 29.0. The van der Waals surface area contributed by atoms with Crippen molar-refractivity contribution in [3.8, 4) is 0 Å². The minimum atomic E-state index is -4.66. The van der Waals surface area contributed by atoms with Gasteiger partial charge in [-0.05, 0) is 48.8 Å². The Morgan fingerprint density at radius 1 is 0.976 bits per heavy atom. The molecule has 2 amide bonds. The molecule has 0 radical (unpaired) electrons. The quantitative estimate of drug-likeness (QED) is 0.333. The van der Waals surface area contributed by atoms with Crippen LogP contribution in [0.5, 0.6) is 0 Å². The van der Waals surface area contributed by atoms with Gasteiger partial charge in [-0.2, -0.15) is 13.2 Å². The molecule has 7 nitrogen and oxygen atoms in total. The first kappa shape index (κ1) is 28.3. The van der Waals surface area contributed by atoms with Crippen LogP contribution in [0.15, 0.2) is 89.9 Å². The number of hydrogen-bond donors (Lipinski definition) is 3. The first-order valence-electron chi connectivity index (χ1n) is 13.2. The van der Waals surface area contributed by atoms with E-state index >= 15 is 0 Å². The average molecular weight is 580 g/mol. The number of carbonyl (C=O) groups excluding carboxylic acids is 2. The Morgan fingerprint density at radius 3 is 2.27 bits per heavy atom. The Hall–Kier alpha value is -4.25. The Morgan fingerprint density at radius 2 is 1.61 bits per heavy atom. The van der Waals surface area contributed by atoms with Crippen LogP contribution in [0, 0.1) is 5.92 Å². The van der Waals surface area contributed by atoms with E-state index in [4.69, 9.17) is 12.2 Å². The van der Waals surface area contributed by atoms with Crippen molar-refractivity contribution in [1.29, 1.82) is 0 Å². The third-order valence-electron chi connectivity index (χ3n) is 6.76. The Bertz CT molecular complexity index is 1450. The first-order valence-corrected chi connectivity index (χ1v) is 13.6. The van der Waals surface area contributed by atoms with Gasteiger partial charge in [-0.1, -0.05) is 66.7 Å². The van der Waals surface area contributed by atoms with Gasteiger partial charge in [0.1, 0.15) is 12.6 Å². The second-order valence-corrected chi connectivity index (χ2v) is 10.4. The fraction of sp³-hybridized carbons (Fsp3) is 0.267. The third-order valence-corrected chi connectivity index (χ3v) is 6.98. The largest absolute Gasteiger partial charge is 0.406 e. The molecule has 2 aliphatic rings. The molecule has 5 rings (SSSR count). The second-order valence-electron chi connectivity index (χ2n) is 9.96. The number of halogens is 3. The lowest BCUT2D eigenvalue weighted by atomic mass is 10.0. The molecule has 1 heterocycles. The molecule has 3 aromatic rings. The van der Waals surface area contributed by atoms with Gasteiger partial charge in [0.25, 0.3) is 5.91 Å². The SMILES string of the molecule is O=C(NC1N=C(C2CC2)c2ccccc2N(CC(F)(F)F)C1=O)[C@@H](Cc1ccccc1)NC(=S)Nc1ccccc1. The molecule has 0 spiro atoms. The number of nitrogens with one attached hydrogen (secondary N) is 3. The van der Waals surface area contributed by atoms with Crippen LogP contribution in [0.3, 0.4) is 0 Å². The summed E-state index contributed by atoms with van der Waals surface area (Å²) in [6.07, 6.45) is -4.38. The molecule has 212 valence electrons. The van der Waals surface area contributed by atoms with Gasteiger partial charge in [-0.15, -0.1) is 0 Å². The van der Waals surface area contributed by atoms with Crippen LogP contribution in [-0.4, -0.2) is 47.6 Å². The van der Waals surface area contributed by atoms with E-state index in [1.54, 1.807) is 18.2 Å². The molecule has 0 bridgehead atoms. The van der Waals surface area contributed by atoms with Gasteiger partial charge in [0.15, 0.2) is 5.11 Å². The third kappa shape index (κ3) is 7.29. The van der Waals surface area contributed by atoms with Crippen LogP contribution < -0.4 is 20.9 Å². The number of para-hydroxylation sites is 2. The summed E-state index contributed by atoms with van der Waals surface area (Å²) < 4.78 is 40.9. The number of carbonyl (C=O) groups is 2. The van der Waals surface area contributed by atoms with E-state index in [9.17, 15) is 22.8 Å². The summed E-state index contributed by atoms with van der Waals surface area (Å²) in [5.74, 6) is -1.57. The second kappa shape index (κ2) is 12.1. The summed E-state index contributed by atoms with van der Waals surface area (Å²) in [6, 6.07) is 23.8. The average Bonchev–Trinajstić information content (AvgIpc) is 3.80. The number of hydrogen-bond acceptors (Lipinski definition) is 4. The summed E-state index contributed by atoms with van der Waals surface area (Å²) in [5, 5.41) is 8.83. The van der Waals surface area contributed by atoms with E-state index in [2.05, 4.69) is 20.9 Å². The predicted octanol–water partition coefficient (Wildman–Crippen LogP) is 4.83. The number of amides is 2. The molecule has 3 N–H and O–H groups in total. The summed E-state index contributed by atoms with van der Waals surface area (Å²) in [5.41, 5.74) is 2.66. The van der Waals surface area contributed by atoms with E-state index in [0.29, 0.717) is 21.9 Å². The zero-order valence-electron chi connectivity index (χ0n) is 21.9. The summed E-state index contributed by atoms with van der Waals surface area (Å²) >= 11 is 5.45. The minimum Gasteiger partial charge on any atom is -0.350 e. The van der Waals surface area contributed by atoms with Crippen LogP contribution in [0.1, 0.15) is 24.0 Å². The molecule has 3 aromatic carbocycles. The van der Waals surface area contributed by atoms with Crippen molar-refractivity contribution >= 4 is 46.2 Å². The number of anilines is 2. The van der Waals surface area contributed by atoms with E-state index in [1.165, 1.54) is 6.07 Å². The van der Waals surface area contributed by atoms with Gasteiger partial charge in [-0.3, -0.25) is 19.5 Å². The number of aliphatic imine (C=N–C) groups is 1. The standard InChI is InChI=1S/C30H28F3N5O2S/c31-30(32,33)18-38-24-14-8-7-13-22(24)25(20-15-16-20)36-26(28(38)40)37-27(39)23(17-19-9-3-1-4-10-19)35-29(41)34-21-11-5-2-6-12-21/h1-14,20,23,26H,15-18H2,(H,37,39)(H2,34,35,41)/t23-,26?/m1/s1. The van der Waals surface area contributed by atoms with Gasteiger partial charge in [-0.25, -0.2) is 0 Å². The maximum absolute atomic E-state index is 13.7. The van der Waals surface area contributed by atoms with Gasteiger partial charge in [0, 0.05) is 23.6 Å². The molecule has 1 aliphatic carbocycles. The van der Waals surface area contributed by atoms with Crippen LogP contribution in [0.4, 0.5) is 24.5 Å². The highest BCUT2D eigenvalue weighted by molar-refractivity contribution is 7.80. The van der Waals surface area contributed by atoms with Crippen LogP contribution in [0.2, 0.25) is 0 Å². The van der Waals surface area contributed by atoms with Gasteiger partial charge in [0.05, 0.1) is 11.4 Å².